The second kappa shape index (κ2) is 5.41. The summed E-state index contributed by atoms with van der Waals surface area (Å²) in [7, 11) is 0. The molecule has 0 fully saturated rings. The van der Waals surface area contributed by atoms with Gasteiger partial charge in [-0.25, -0.2) is 0 Å². The van der Waals surface area contributed by atoms with E-state index < -0.39 is 11.9 Å². The molecule has 0 aliphatic rings. The molecule has 0 radical (unpaired) electrons. The van der Waals surface area contributed by atoms with E-state index in [0.717, 1.165) is 5.56 Å². The van der Waals surface area contributed by atoms with E-state index in [1.54, 1.807) is 12.1 Å². The fourth-order valence-corrected chi connectivity index (χ4v) is 1.04. The van der Waals surface area contributed by atoms with Crippen molar-refractivity contribution in [3.05, 3.63) is 35.4 Å². The van der Waals surface area contributed by atoms with Crippen molar-refractivity contribution >= 4 is 24.6 Å². The van der Waals surface area contributed by atoms with Gasteiger partial charge in [-0.3, -0.25) is 4.79 Å². The highest BCUT2D eigenvalue weighted by Gasteiger charge is 2.00. The molecule has 1 rings (SSSR count). The first-order valence-corrected chi connectivity index (χ1v) is 4.83. The lowest BCUT2D eigenvalue weighted by Crippen LogP contribution is -2.22. The Morgan fingerprint density at radius 3 is 2.33 bits per heavy atom. The molecular formula is C10H9O4S-. The predicted octanol–water partition coefficient (Wildman–Crippen LogP) is 0.0231. The number of aromatic carboxylic acids is 1. The highest BCUT2D eigenvalue weighted by Crippen LogP contribution is 2.05. The summed E-state index contributed by atoms with van der Waals surface area (Å²) in [5.41, 5.74) is 0.814. The van der Waals surface area contributed by atoms with Gasteiger partial charge >= 0.3 is 5.97 Å². The van der Waals surface area contributed by atoms with Gasteiger partial charge in [0.1, 0.15) is 6.61 Å². The van der Waals surface area contributed by atoms with Gasteiger partial charge in [-0.15, -0.1) is 0 Å². The van der Waals surface area contributed by atoms with E-state index >= 15 is 0 Å². The van der Waals surface area contributed by atoms with Crippen LogP contribution >= 0.6 is 12.6 Å². The standard InChI is InChI=1S/C10H10O4S/c11-9(6-15)14-5-7-1-3-8(4-2-7)10(12)13/h1-4,15H,5-6H2,(H,12,13)/p-1. The zero-order valence-electron chi connectivity index (χ0n) is 7.80. The van der Waals surface area contributed by atoms with Gasteiger partial charge in [0.2, 0.25) is 0 Å². The van der Waals surface area contributed by atoms with Gasteiger partial charge in [0.15, 0.2) is 0 Å². The average Bonchev–Trinajstić information content (AvgIpc) is 2.26. The second-order valence-corrected chi connectivity index (χ2v) is 3.12. The highest BCUT2D eigenvalue weighted by atomic mass is 32.1. The van der Waals surface area contributed by atoms with E-state index in [4.69, 9.17) is 4.74 Å². The molecule has 1 aromatic rings. The Bertz CT molecular complexity index is 358. The molecule has 0 amide bonds. The van der Waals surface area contributed by atoms with Crippen LogP contribution in [0.2, 0.25) is 0 Å². The second-order valence-electron chi connectivity index (χ2n) is 2.80. The fraction of sp³-hybridized carbons (Fsp3) is 0.200. The lowest BCUT2D eigenvalue weighted by molar-refractivity contribution is -0.255. The smallest absolute Gasteiger partial charge is 0.315 e. The Morgan fingerprint density at radius 2 is 1.87 bits per heavy atom. The quantitative estimate of drug-likeness (QED) is 0.579. The molecule has 0 saturated heterocycles. The first-order valence-electron chi connectivity index (χ1n) is 4.20. The van der Waals surface area contributed by atoms with E-state index in [1.165, 1.54) is 12.1 Å². The number of thiol groups is 1. The summed E-state index contributed by atoms with van der Waals surface area (Å²) in [5, 5.41) is 10.4. The van der Waals surface area contributed by atoms with Gasteiger partial charge in [-0.05, 0) is 11.1 Å². The van der Waals surface area contributed by atoms with E-state index in [1.807, 2.05) is 0 Å². The topological polar surface area (TPSA) is 66.4 Å². The Labute approximate surface area is 92.3 Å². The van der Waals surface area contributed by atoms with E-state index in [2.05, 4.69) is 12.6 Å². The van der Waals surface area contributed by atoms with Gasteiger partial charge < -0.3 is 14.6 Å². The zero-order valence-corrected chi connectivity index (χ0v) is 8.70. The zero-order chi connectivity index (χ0) is 11.3. The number of benzene rings is 1. The molecule has 1 aromatic carbocycles. The van der Waals surface area contributed by atoms with Crippen LogP contribution in [-0.2, 0) is 16.1 Å². The van der Waals surface area contributed by atoms with Crippen LogP contribution in [0.4, 0.5) is 0 Å². The Balaban J connectivity index is 2.57. The molecule has 0 bridgehead atoms. The van der Waals surface area contributed by atoms with Crippen LogP contribution in [0.15, 0.2) is 24.3 Å². The van der Waals surface area contributed by atoms with Crippen LogP contribution in [0.5, 0.6) is 0 Å². The van der Waals surface area contributed by atoms with Crippen LogP contribution in [0.1, 0.15) is 15.9 Å². The maximum atomic E-state index is 10.8. The summed E-state index contributed by atoms with van der Waals surface area (Å²) in [4.78, 5) is 21.2. The first kappa shape index (κ1) is 11.6. The Hall–Kier alpha value is -1.49. The molecule has 15 heavy (non-hydrogen) atoms. The number of hydrogen-bond acceptors (Lipinski definition) is 5. The minimum Gasteiger partial charge on any atom is -0.545 e. The molecule has 0 aromatic heterocycles. The number of hydrogen-bond donors (Lipinski definition) is 1. The maximum absolute atomic E-state index is 10.8. The number of carbonyl (C=O) groups is 2. The lowest BCUT2D eigenvalue weighted by atomic mass is 10.1. The van der Waals surface area contributed by atoms with E-state index in [-0.39, 0.29) is 17.9 Å². The minimum absolute atomic E-state index is 0.0249. The number of carbonyl (C=O) groups excluding carboxylic acids is 2. The molecule has 0 saturated carbocycles. The van der Waals surface area contributed by atoms with Crippen molar-refractivity contribution in [2.45, 2.75) is 6.61 Å². The van der Waals surface area contributed by atoms with Gasteiger partial charge in [0, 0.05) is 0 Å². The highest BCUT2D eigenvalue weighted by molar-refractivity contribution is 7.81. The fourth-order valence-electron chi connectivity index (χ4n) is 0.947. The summed E-state index contributed by atoms with van der Waals surface area (Å²) in [6.07, 6.45) is 0. The molecule has 0 heterocycles. The summed E-state index contributed by atoms with van der Waals surface area (Å²) >= 11 is 3.74. The van der Waals surface area contributed by atoms with Crippen molar-refractivity contribution in [3.63, 3.8) is 0 Å². The van der Waals surface area contributed by atoms with Crippen LogP contribution in [0, 0.1) is 0 Å². The predicted molar refractivity (Wildman–Crippen MR) is 54.4 cm³/mol. The molecule has 0 unspecified atom stereocenters. The van der Waals surface area contributed by atoms with Crippen molar-refractivity contribution < 1.29 is 19.4 Å². The minimum atomic E-state index is -1.23. The molecule has 0 spiro atoms. The van der Waals surface area contributed by atoms with Gasteiger partial charge in [0.05, 0.1) is 11.7 Å². The van der Waals surface area contributed by atoms with Crippen molar-refractivity contribution in [1.82, 2.24) is 0 Å². The first-order chi connectivity index (χ1) is 7.13. The van der Waals surface area contributed by atoms with Gasteiger partial charge in [-0.1, -0.05) is 24.3 Å². The molecule has 0 aliphatic carbocycles. The molecule has 0 atom stereocenters. The number of rotatable bonds is 4. The van der Waals surface area contributed by atoms with Crippen LogP contribution in [-0.4, -0.2) is 17.7 Å². The molecule has 80 valence electrons. The third-order valence-corrected chi connectivity index (χ3v) is 1.98. The van der Waals surface area contributed by atoms with Gasteiger partial charge in [-0.2, -0.15) is 12.6 Å². The molecule has 5 heteroatoms. The largest absolute Gasteiger partial charge is 0.545 e. The monoisotopic (exact) mass is 225 g/mol. The van der Waals surface area contributed by atoms with Crippen molar-refractivity contribution in [1.29, 1.82) is 0 Å². The molecular weight excluding hydrogens is 216 g/mol. The van der Waals surface area contributed by atoms with Crippen molar-refractivity contribution in [3.8, 4) is 0 Å². The van der Waals surface area contributed by atoms with Crippen LogP contribution in [0.3, 0.4) is 0 Å². The Kier molecular flexibility index (Phi) is 4.17. The number of carboxylic acids is 1. The normalized spacial score (nSPS) is 9.67. The molecule has 0 N–H and O–H groups in total. The third-order valence-electron chi connectivity index (χ3n) is 1.72. The molecule has 0 aliphatic heterocycles. The summed E-state index contributed by atoms with van der Waals surface area (Å²) < 4.78 is 4.80. The van der Waals surface area contributed by atoms with E-state index in [0.29, 0.717) is 0 Å². The van der Waals surface area contributed by atoms with Crippen molar-refractivity contribution in [2.24, 2.45) is 0 Å². The van der Waals surface area contributed by atoms with Crippen molar-refractivity contribution in [2.75, 3.05) is 5.75 Å². The third kappa shape index (κ3) is 3.63. The Morgan fingerprint density at radius 1 is 1.27 bits per heavy atom. The number of esters is 1. The summed E-state index contributed by atoms with van der Waals surface area (Å²) in [6.45, 7) is 0.118. The lowest BCUT2D eigenvalue weighted by Gasteiger charge is -2.05. The number of carboxylic acid groups (broad SMARTS) is 1. The average molecular weight is 225 g/mol. The van der Waals surface area contributed by atoms with E-state index in [9.17, 15) is 14.7 Å². The summed E-state index contributed by atoms with van der Waals surface area (Å²) in [5.74, 6) is -1.62. The molecule has 4 nitrogen and oxygen atoms in total. The maximum Gasteiger partial charge on any atom is 0.315 e. The number of ether oxygens (including phenoxy) is 1. The van der Waals surface area contributed by atoms with Crippen LogP contribution < -0.4 is 5.11 Å². The SMILES string of the molecule is O=C(CS)OCc1ccc(C(=O)[O-])cc1. The van der Waals surface area contributed by atoms with Gasteiger partial charge in [0.25, 0.3) is 0 Å². The van der Waals surface area contributed by atoms with Crippen LogP contribution in [0.25, 0.3) is 0 Å². The summed E-state index contributed by atoms with van der Waals surface area (Å²) in [6, 6.07) is 5.94.